The second-order valence-corrected chi connectivity index (χ2v) is 7.66. The fourth-order valence-corrected chi connectivity index (χ4v) is 4.16. The monoisotopic (exact) mass is 400 g/mol. The van der Waals surface area contributed by atoms with E-state index in [1.807, 2.05) is 18.2 Å². The molecule has 0 spiro atoms. The maximum atomic E-state index is 12.6. The molecule has 7 heteroatoms. The van der Waals surface area contributed by atoms with Crippen molar-refractivity contribution in [2.24, 2.45) is 0 Å². The number of fused-ring (bicyclic) bond motifs is 1. The molecular weight excluding hydrogens is 372 g/mol. The van der Waals surface area contributed by atoms with Crippen molar-refractivity contribution in [1.29, 1.82) is 0 Å². The highest BCUT2D eigenvalue weighted by atomic mass is 35.5. The number of ether oxygens (including phenoxy) is 2. The second-order valence-electron chi connectivity index (χ2n) is 6.49. The summed E-state index contributed by atoms with van der Waals surface area (Å²) in [5.41, 5.74) is 0. The molecule has 2 heterocycles. The van der Waals surface area contributed by atoms with Crippen LogP contribution < -0.4 is 14.8 Å². The summed E-state index contributed by atoms with van der Waals surface area (Å²) in [5.74, 6) is 2.70. The Labute approximate surface area is 166 Å². The minimum absolute atomic E-state index is 0. The van der Waals surface area contributed by atoms with Gasteiger partial charge >= 0.3 is 0 Å². The zero-order valence-electron chi connectivity index (χ0n) is 15.4. The van der Waals surface area contributed by atoms with Gasteiger partial charge in [0.05, 0.1) is 13.2 Å². The normalized spacial score (nSPS) is 18.7. The van der Waals surface area contributed by atoms with Crippen molar-refractivity contribution in [2.45, 2.75) is 43.5 Å². The molecule has 1 atom stereocenters. The first-order valence-electron chi connectivity index (χ1n) is 9.30. The molecule has 0 aliphatic carbocycles. The van der Waals surface area contributed by atoms with E-state index in [0.29, 0.717) is 25.7 Å². The lowest BCUT2D eigenvalue weighted by Gasteiger charge is -2.28. The molecule has 26 heavy (non-hydrogen) atoms. The molecule has 5 nitrogen and oxygen atoms in total. The molecule has 0 bridgehead atoms. The lowest BCUT2D eigenvalue weighted by Crippen LogP contribution is -2.42. The molecule has 1 saturated heterocycles. The summed E-state index contributed by atoms with van der Waals surface area (Å²) in [6, 6.07) is 6.42. The topological polar surface area (TPSA) is 50.8 Å². The van der Waals surface area contributed by atoms with Crippen LogP contribution >= 0.6 is 24.2 Å². The van der Waals surface area contributed by atoms with Gasteiger partial charge in [0, 0.05) is 42.6 Å². The summed E-state index contributed by atoms with van der Waals surface area (Å²) in [7, 11) is 0. The smallest absolute Gasteiger partial charge is 0.223 e. The van der Waals surface area contributed by atoms with Crippen molar-refractivity contribution >= 4 is 30.1 Å². The third-order valence-electron chi connectivity index (χ3n) is 4.56. The molecular formula is C19H29ClN2O3S. The molecule has 3 rings (SSSR count). The van der Waals surface area contributed by atoms with E-state index in [2.05, 4.69) is 17.1 Å². The largest absolute Gasteiger partial charge is 0.490 e. The van der Waals surface area contributed by atoms with E-state index in [-0.39, 0.29) is 18.3 Å². The molecule has 0 radical (unpaired) electrons. The van der Waals surface area contributed by atoms with Gasteiger partial charge in [-0.05, 0) is 37.6 Å². The summed E-state index contributed by atoms with van der Waals surface area (Å²) in [4.78, 5) is 15.8. The lowest BCUT2D eigenvalue weighted by atomic mass is 10.2. The summed E-state index contributed by atoms with van der Waals surface area (Å²) in [6.45, 7) is 6.35. The molecule has 146 valence electrons. The average Bonchev–Trinajstić information content (AvgIpc) is 3.04. The van der Waals surface area contributed by atoms with Crippen molar-refractivity contribution in [3.05, 3.63) is 18.2 Å². The van der Waals surface area contributed by atoms with Crippen LogP contribution in [-0.2, 0) is 4.79 Å². The fraction of sp³-hybridized carbons (Fsp3) is 0.632. The maximum absolute atomic E-state index is 12.6. The van der Waals surface area contributed by atoms with Crippen LogP contribution in [0.1, 0.15) is 32.6 Å². The van der Waals surface area contributed by atoms with Gasteiger partial charge in [0.15, 0.2) is 11.5 Å². The Morgan fingerprint density at radius 1 is 1.31 bits per heavy atom. The lowest BCUT2D eigenvalue weighted by molar-refractivity contribution is -0.132. The van der Waals surface area contributed by atoms with Crippen LogP contribution in [0.5, 0.6) is 11.5 Å². The molecule has 0 saturated carbocycles. The van der Waals surface area contributed by atoms with Gasteiger partial charge in [0.1, 0.15) is 0 Å². The predicted molar refractivity (Wildman–Crippen MR) is 108 cm³/mol. The van der Waals surface area contributed by atoms with E-state index in [9.17, 15) is 4.79 Å². The number of amides is 1. The van der Waals surface area contributed by atoms with E-state index in [0.717, 1.165) is 61.0 Å². The number of benzene rings is 1. The van der Waals surface area contributed by atoms with E-state index >= 15 is 0 Å². The molecule has 1 aromatic carbocycles. The summed E-state index contributed by atoms with van der Waals surface area (Å²) in [5, 5.41) is 3.36. The number of hydrogen-bond acceptors (Lipinski definition) is 5. The van der Waals surface area contributed by atoms with Gasteiger partial charge in [-0.15, -0.1) is 24.2 Å². The highest BCUT2D eigenvalue weighted by Gasteiger charge is 2.25. The predicted octanol–water partition coefficient (Wildman–Crippen LogP) is 3.35. The number of carbonyl (C=O) groups is 1. The van der Waals surface area contributed by atoms with Gasteiger partial charge in [-0.2, -0.15) is 0 Å². The Hall–Kier alpha value is -1.11. The number of nitrogens with zero attached hydrogens (tertiary/aromatic N) is 1. The van der Waals surface area contributed by atoms with E-state index in [1.165, 1.54) is 0 Å². The van der Waals surface area contributed by atoms with Crippen LogP contribution in [0, 0.1) is 0 Å². The van der Waals surface area contributed by atoms with Crippen LogP contribution in [0.25, 0.3) is 0 Å². The third kappa shape index (κ3) is 5.69. The Morgan fingerprint density at radius 3 is 2.85 bits per heavy atom. The quantitative estimate of drug-likeness (QED) is 0.711. The number of thioether (sulfide) groups is 1. The van der Waals surface area contributed by atoms with E-state index in [4.69, 9.17) is 9.47 Å². The minimum Gasteiger partial charge on any atom is -0.490 e. The number of hydrogen-bond donors (Lipinski definition) is 1. The summed E-state index contributed by atoms with van der Waals surface area (Å²) in [6.07, 6.45) is 3.57. The summed E-state index contributed by atoms with van der Waals surface area (Å²) < 4.78 is 11.4. The number of rotatable bonds is 7. The number of nitrogens with one attached hydrogen (secondary N) is 1. The van der Waals surface area contributed by atoms with Crippen molar-refractivity contribution in [2.75, 3.05) is 38.6 Å². The zero-order chi connectivity index (χ0) is 17.5. The highest BCUT2D eigenvalue weighted by Crippen LogP contribution is 2.34. The van der Waals surface area contributed by atoms with Crippen LogP contribution in [0.15, 0.2) is 23.1 Å². The van der Waals surface area contributed by atoms with Crippen molar-refractivity contribution < 1.29 is 14.3 Å². The molecule has 1 unspecified atom stereocenters. The molecule has 0 aromatic heterocycles. The average molecular weight is 401 g/mol. The zero-order valence-corrected chi connectivity index (χ0v) is 17.0. The Bertz CT molecular complexity index is 582. The van der Waals surface area contributed by atoms with Gasteiger partial charge in [-0.3, -0.25) is 4.79 Å². The molecule has 2 aliphatic heterocycles. The fourth-order valence-electron chi connectivity index (χ4n) is 3.29. The molecule has 1 aromatic rings. The van der Waals surface area contributed by atoms with E-state index in [1.54, 1.807) is 11.8 Å². The Balaban J connectivity index is 0.00000243. The second kappa shape index (κ2) is 10.9. The van der Waals surface area contributed by atoms with Crippen molar-refractivity contribution in [1.82, 2.24) is 10.2 Å². The molecule has 1 N–H and O–H groups in total. The van der Waals surface area contributed by atoms with Crippen molar-refractivity contribution in [3.63, 3.8) is 0 Å². The maximum Gasteiger partial charge on any atom is 0.223 e. The minimum atomic E-state index is 0. The Morgan fingerprint density at radius 2 is 2.12 bits per heavy atom. The number of halogens is 1. The van der Waals surface area contributed by atoms with Gasteiger partial charge in [0.25, 0.3) is 0 Å². The molecule has 1 amide bonds. The van der Waals surface area contributed by atoms with Crippen LogP contribution in [0.2, 0.25) is 0 Å². The first-order valence-corrected chi connectivity index (χ1v) is 10.3. The van der Waals surface area contributed by atoms with Crippen LogP contribution in [0.3, 0.4) is 0 Å². The number of carbonyl (C=O) groups excluding carboxylic acids is 1. The van der Waals surface area contributed by atoms with Crippen LogP contribution in [-0.4, -0.2) is 55.4 Å². The first-order chi connectivity index (χ1) is 12.3. The van der Waals surface area contributed by atoms with Gasteiger partial charge in [0.2, 0.25) is 5.91 Å². The van der Waals surface area contributed by atoms with Gasteiger partial charge in [-0.25, -0.2) is 0 Å². The summed E-state index contributed by atoms with van der Waals surface area (Å²) >= 11 is 1.71. The standard InChI is InChI=1S/C19H28N2O3S.ClH/c1-2-9-21(15-6-8-20-14-15)19(22)7-12-25-16-4-5-17-18(13-16)24-11-3-10-23-17;/h4-5,13,15,20H,2-3,6-12,14H2,1H3;1H. The van der Waals surface area contributed by atoms with Gasteiger partial charge < -0.3 is 19.7 Å². The van der Waals surface area contributed by atoms with Crippen LogP contribution in [0.4, 0.5) is 0 Å². The molecule has 1 fully saturated rings. The Kier molecular flexibility index (Phi) is 8.88. The third-order valence-corrected chi connectivity index (χ3v) is 5.56. The van der Waals surface area contributed by atoms with Crippen molar-refractivity contribution in [3.8, 4) is 11.5 Å². The van der Waals surface area contributed by atoms with Gasteiger partial charge in [-0.1, -0.05) is 6.92 Å². The van der Waals surface area contributed by atoms with E-state index < -0.39 is 0 Å². The molecule has 2 aliphatic rings. The first kappa shape index (κ1) is 21.2. The highest BCUT2D eigenvalue weighted by molar-refractivity contribution is 7.99. The SMILES string of the molecule is CCCN(C(=O)CCSc1ccc2c(c1)OCCCO2)C1CCNC1.Cl.